The third-order valence-corrected chi connectivity index (χ3v) is 6.89. The summed E-state index contributed by atoms with van der Waals surface area (Å²) in [7, 11) is 0. The Balaban J connectivity index is 1.42. The predicted octanol–water partition coefficient (Wildman–Crippen LogP) is 4.31. The van der Waals surface area contributed by atoms with Gasteiger partial charge in [0.25, 0.3) is 0 Å². The Morgan fingerprint density at radius 2 is 1.59 bits per heavy atom. The molecule has 1 unspecified atom stereocenters. The first-order valence-electron chi connectivity index (χ1n) is 11.8. The molecule has 2 amide bonds. The van der Waals surface area contributed by atoms with Gasteiger partial charge in [-0.25, -0.2) is 4.79 Å². The molecule has 0 heterocycles. The lowest BCUT2D eigenvalue weighted by Gasteiger charge is -2.31. The number of nitrogens with one attached hydrogen (secondary N) is 2. The number of fused-ring (bicyclic) bond motifs is 3. The average Bonchev–Trinajstić information content (AvgIpc) is 3.38. The van der Waals surface area contributed by atoms with E-state index in [9.17, 15) is 19.5 Å². The number of carbonyl (C=O) groups is 3. The number of rotatable bonds is 6. The standard InChI is InChI=1S/C27H32N2O5/c1-27(2,3)23(24(30)28-22-14-8-13-20(22)25(31)32)29-26(33)34-15-21-18-11-6-4-9-16(18)17-10-5-7-12-19(17)21/h4-7,9-12,20-23H,8,13-15H2,1-3H3,(H,28,30)(H,29,33)(H,31,32)/t20-,22+,23?/m1/s1. The maximum atomic E-state index is 13.1. The maximum absolute atomic E-state index is 13.1. The van der Waals surface area contributed by atoms with Crippen molar-refractivity contribution in [3.05, 3.63) is 59.7 Å². The Bertz CT molecular complexity index is 1040. The van der Waals surface area contributed by atoms with Crippen LogP contribution in [-0.2, 0) is 14.3 Å². The fourth-order valence-corrected chi connectivity index (χ4v) is 5.13. The molecular weight excluding hydrogens is 432 g/mol. The van der Waals surface area contributed by atoms with E-state index in [4.69, 9.17) is 4.74 Å². The van der Waals surface area contributed by atoms with Gasteiger partial charge in [0, 0.05) is 12.0 Å². The smallest absolute Gasteiger partial charge is 0.407 e. The normalized spacial score (nSPS) is 20.2. The largest absolute Gasteiger partial charge is 0.481 e. The number of aliphatic carboxylic acids is 1. The zero-order valence-electron chi connectivity index (χ0n) is 19.8. The molecule has 0 spiro atoms. The molecule has 4 rings (SSSR count). The van der Waals surface area contributed by atoms with Crippen molar-refractivity contribution >= 4 is 18.0 Å². The van der Waals surface area contributed by atoms with Gasteiger partial charge in [0.1, 0.15) is 12.6 Å². The summed E-state index contributed by atoms with van der Waals surface area (Å²) in [6.45, 7) is 5.71. The molecule has 2 aliphatic rings. The van der Waals surface area contributed by atoms with E-state index in [1.54, 1.807) is 0 Å². The Morgan fingerprint density at radius 3 is 2.15 bits per heavy atom. The molecule has 0 aliphatic heterocycles. The summed E-state index contributed by atoms with van der Waals surface area (Å²) in [4.78, 5) is 37.3. The number of hydrogen-bond acceptors (Lipinski definition) is 4. The zero-order chi connectivity index (χ0) is 24.5. The number of ether oxygens (including phenoxy) is 1. The average molecular weight is 465 g/mol. The Morgan fingerprint density at radius 1 is 1.00 bits per heavy atom. The highest BCUT2D eigenvalue weighted by atomic mass is 16.5. The summed E-state index contributed by atoms with van der Waals surface area (Å²) in [6.07, 6.45) is 1.24. The topological polar surface area (TPSA) is 105 Å². The van der Waals surface area contributed by atoms with Crippen LogP contribution in [0.25, 0.3) is 11.1 Å². The van der Waals surface area contributed by atoms with Crippen molar-refractivity contribution in [2.75, 3.05) is 6.61 Å². The lowest BCUT2D eigenvalue weighted by atomic mass is 9.86. The minimum absolute atomic E-state index is 0.0742. The fraction of sp³-hybridized carbons (Fsp3) is 0.444. The van der Waals surface area contributed by atoms with E-state index >= 15 is 0 Å². The number of carbonyl (C=O) groups excluding carboxylic acids is 2. The third kappa shape index (κ3) is 4.79. The highest BCUT2D eigenvalue weighted by molar-refractivity contribution is 5.87. The van der Waals surface area contributed by atoms with Crippen LogP contribution in [0.5, 0.6) is 0 Å². The summed E-state index contributed by atoms with van der Waals surface area (Å²) in [6, 6.07) is 14.9. The van der Waals surface area contributed by atoms with Gasteiger partial charge in [0.2, 0.25) is 5.91 Å². The zero-order valence-corrected chi connectivity index (χ0v) is 19.8. The van der Waals surface area contributed by atoms with Crippen molar-refractivity contribution in [1.29, 1.82) is 0 Å². The van der Waals surface area contributed by atoms with E-state index in [0.717, 1.165) is 28.7 Å². The van der Waals surface area contributed by atoms with E-state index in [1.165, 1.54) is 0 Å². The predicted molar refractivity (Wildman–Crippen MR) is 128 cm³/mol. The van der Waals surface area contributed by atoms with Crippen molar-refractivity contribution in [3.63, 3.8) is 0 Å². The van der Waals surface area contributed by atoms with Gasteiger partial charge in [-0.3, -0.25) is 9.59 Å². The van der Waals surface area contributed by atoms with Gasteiger partial charge < -0.3 is 20.5 Å². The first kappa shape index (κ1) is 23.8. The van der Waals surface area contributed by atoms with Crippen LogP contribution >= 0.6 is 0 Å². The number of alkyl carbamates (subject to hydrolysis) is 1. The van der Waals surface area contributed by atoms with E-state index in [0.29, 0.717) is 12.8 Å². The molecule has 3 atom stereocenters. The van der Waals surface area contributed by atoms with Gasteiger partial charge in [-0.1, -0.05) is 75.7 Å². The molecule has 7 nitrogen and oxygen atoms in total. The minimum atomic E-state index is -0.903. The van der Waals surface area contributed by atoms with Crippen molar-refractivity contribution in [1.82, 2.24) is 10.6 Å². The number of amides is 2. The van der Waals surface area contributed by atoms with Crippen LogP contribution in [0.3, 0.4) is 0 Å². The second-order valence-corrected chi connectivity index (χ2v) is 10.3. The fourth-order valence-electron chi connectivity index (χ4n) is 5.13. The maximum Gasteiger partial charge on any atom is 0.407 e. The van der Waals surface area contributed by atoms with E-state index in [-0.39, 0.29) is 18.4 Å². The summed E-state index contributed by atoms with van der Waals surface area (Å²) >= 11 is 0. The molecular formula is C27H32N2O5. The summed E-state index contributed by atoms with van der Waals surface area (Å²) in [5.74, 6) is -1.97. The van der Waals surface area contributed by atoms with Crippen molar-refractivity contribution < 1.29 is 24.2 Å². The number of carboxylic acid groups (broad SMARTS) is 1. The molecule has 1 saturated carbocycles. The Kier molecular flexibility index (Phi) is 6.64. The van der Waals surface area contributed by atoms with Gasteiger partial charge in [-0.2, -0.15) is 0 Å². The molecule has 180 valence electrons. The van der Waals surface area contributed by atoms with Gasteiger partial charge in [0.05, 0.1) is 5.92 Å². The van der Waals surface area contributed by atoms with Gasteiger partial charge in [0.15, 0.2) is 0 Å². The van der Waals surface area contributed by atoms with E-state index < -0.39 is 35.5 Å². The van der Waals surface area contributed by atoms with Crippen LogP contribution < -0.4 is 10.6 Å². The molecule has 3 N–H and O–H groups in total. The van der Waals surface area contributed by atoms with Gasteiger partial charge in [-0.15, -0.1) is 0 Å². The van der Waals surface area contributed by atoms with E-state index in [1.807, 2.05) is 57.2 Å². The van der Waals surface area contributed by atoms with Crippen LogP contribution in [-0.4, -0.2) is 41.8 Å². The SMILES string of the molecule is CC(C)(C)C(NC(=O)OCC1c2ccccc2-c2ccccc21)C(=O)N[C@H]1CCC[C@H]1C(=O)O. The number of carboxylic acids is 1. The second kappa shape index (κ2) is 9.49. The van der Waals surface area contributed by atoms with Crippen LogP contribution in [0, 0.1) is 11.3 Å². The molecule has 34 heavy (non-hydrogen) atoms. The molecule has 0 saturated heterocycles. The van der Waals surface area contributed by atoms with Crippen LogP contribution in [0.2, 0.25) is 0 Å². The molecule has 7 heteroatoms. The molecule has 2 aromatic carbocycles. The third-order valence-electron chi connectivity index (χ3n) is 6.89. The molecule has 0 aromatic heterocycles. The van der Waals surface area contributed by atoms with Crippen LogP contribution in [0.4, 0.5) is 4.79 Å². The second-order valence-electron chi connectivity index (χ2n) is 10.3. The van der Waals surface area contributed by atoms with Gasteiger partial charge in [-0.05, 0) is 40.5 Å². The molecule has 1 fully saturated rings. The van der Waals surface area contributed by atoms with Crippen molar-refractivity contribution in [3.8, 4) is 11.1 Å². The molecule has 0 radical (unpaired) electrons. The summed E-state index contributed by atoms with van der Waals surface area (Å²) in [5.41, 5.74) is 3.92. The Hall–Kier alpha value is -3.35. The number of hydrogen-bond donors (Lipinski definition) is 3. The van der Waals surface area contributed by atoms with Crippen LogP contribution in [0.1, 0.15) is 57.1 Å². The monoisotopic (exact) mass is 464 g/mol. The van der Waals surface area contributed by atoms with Gasteiger partial charge >= 0.3 is 12.1 Å². The number of benzene rings is 2. The quantitative estimate of drug-likeness (QED) is 0.591. The lowest BCUT2D eigenvalue weighted by Crippen LogP contribution is -2.56. The van der Waals surface area contributed by atoms with E-state index in [2.05, 4.69) is 22.8 Å². The van der Waals surface area contributed by atoms with Crippen LogP contribution in [0.15, 0.2) is 48.5 Å². The first-order chi connectivity index (χ1) is 16.2. The Labute approximate surface area is 199 Å². The highest BCUT2D eigenvalue weighted by Gasteiger charge is 2.39. The van der Waals surface area contributed by atoms with Crippen molar-refractivity contribution in [2.24, 2.45) is 11.3 Å². The summed E-state index contributed by atoms with van der Waals surface area (Å²) in [5, 5.41) is 15.0. The first-order valence-corrected chi connectivity index (χ1v) is 11.8. The molecule has 2 aromatic rings. The minimum Gasteiger partial charge on any atom is -0.481 e. The highest BCUT2D eigenvalue weighted by Crippen LogP contribution is 2.44. The van der Waals surface area contributed by atoms with Crippen molar-refractivity contribution in [2.45, 2.75) is 58.0 Å². The lowest BCUT2D eigenvalue weighted by molar-refractivity contribution is -0.142. The molecule has 2 aliphatic carbocycles. The summed E-state index contributed by atoms with van der Waals surface area (Å²) < 4.78 is 5.62. The molecule has 0 bridgehead atoms.